The molecule has 3 N–H and O–H groups in total. The predicted molar refractivity (Wildman–Crippen MR) is 108 cm³/mol. The zero-order valence-corrected chi connectivity index (χ0v) is 16.2. The van der Waals surface area contributed by atoms with E-state index in [2.05, 4.69) is 20.5 Å². The number of H-pyrrole nitrogens is 1. The first kappa shape index (κ1) is 20.1. The zero-order valence-electron chi connectivity index (χ0n) is 14.7. The molecule has 0 saturated heterocycles. The first-order valence-electron chi connectivity index (χ1n) is 8.52. The third-order valence-corrected chi connectivity index (χ3v) is 4.58. The Morgan fingerprint density at radius 2 is 2.00 bits per heavy atom. The Balaban J connectivity index is 1.65. The summed E-state index contributed by atoms with van der Waals surface area (Å²) in [5.74, 6) is 0.150. The number of halogens is 2. The predicted octanol–water partition coefficient (Wildman–Crippen LogP) is 3.59. The minimum atomic E-state index is -0.720. The molecule has 0 fully saturated rings. The Morgan fingerprint density at radius 3 is 2.71 bits per heavy atom. The Morgan fingerprint density at radius 1 is 1.21 bits per heavy atom. The number of rotatable bonds is 8. The first-order chi connectivity index (χ1) is 13.5. The lowest BCUT2D eigenvalue weighted by atomic mass is 10.1. The molecular weight excluding hydrogens is 403 g/mol. The molecular formula is C19H18Cl2N4O3. The van der Waals surface area contributed by atoms with Crippen LogP contribution in [0.1, 0.15) is 23.7 Å². The van der Waals surface area contributed by atoms with Gasteiger partial charge in [0, 0.05) is 30.4 Å². The highest BCUT2D eigenvalue weighted by Gasteiger charge is 2.15. The van der Waals surface area contributed by atoms with E-state index in [1.807, 2.05) is 12.1 Å². The van der Waals surface area contributed by atoms with Gasteiger partial charge in [0.2, 0.25) is 0 Å². The number of anilines is 1. The normalized spacial score (nSPS) is 11.8. The standard InChI is InChI=1S/C19H18Cl2N4O3/c20-14-5-3-13(4-6-14)15(26)7-9-28-19-17(16(21)18(27)24-25-19)23-11-12-2-1-8-22-10-12/h1-6,8,10,15,26H,7,9,11H2,(H2,23,24,27). The van der Waals surface area contributed by atoms with Crippen molar-refractivity contribution < 1.29 is 9.84 Å². The van der Waals surface area contributed by atoms with Gasteiger partial charge in [-0.25, -0.2) is 5.10 Å². The van der Waals surface area contributed by atoms with Crippen molar-refractivity contribution in [1.82, 2.24) is 15.2 Å². The van der Waals surface area contributed by atoms with E-state index >= 15 is 0 Å². The summed E-state index contributed by atoms with van der Waals surface area (Å²) in [4.78, 5) is 15.8. The summed E-state index contributed by atoms with van der Waals surface area (Å²) < 4.78 is 5.65. The van der Waals surface area contributed by atoms with E-state index in [0.29, 0.717) is 18.0 Å². The fraction of sp³-hybridized carbons (Fsp3) is 0.211. The van der Waals surface area contributed by atoms with Gasteiger partial charge in [-0.15, -0.1) is 5.10 Å². The van der Waals surface area contributed by atoms with Crippen molar-refractivity contribution >= 4 is 28.9 Å². The molecule has 0 radical (unpaired) electrons. The van der Waals surface area contributed by atoms with Crippen LogP contribution >= 0.6 is 23.2 Å². The number of ether oxygens (including phenoxy) is 1. The summed E-state index contributed by atoms with van der Waals surface area (Å²) in [7, 11) is 0. The van der Waals surface area contributed by atoms with Crippen molar-refractivity contribution in [3.63, 3.8) is 0 Å². The molecule has 0 aliphatic heterocycles. The summed E-state index contributed by atoms with van der Waals surface area (Å²) in [6.07, 6.45) is 2.97. The number of hydrogen-bond acceptors (Lipinski definition) is 6. The van der Waals surface area contributed by atoms with Crippen LogP contribution in [0.2, 0.25) is 10.0 Å². The van der Waals surface area contributed by atoms with Crippen LogP contribution in [-0.4, -0.2) is 26.9 Å². The average molecular weight is 421 g/mol. The molecule has 7 nitrogen and oxygen atoms in total. The van der Waals surface area contributed by atoms with E-state index in [0.717, 1.165) is 11.1 Å². The number of nitrogens with zero attached hydrogens (tertiary/aromatic N) is 2. The molecule has 0 aliphatic carbocycles. The summed E-state index contributed by atoms with van der Waals surface area (Å²) in [5, 5.41) is 20.1. The van der Waals surface area contributed by atoms with Crippen molar-refractivity contribution in [2.45, 2.75) is 19.1 Å². The van der Waals surface area contributed by atoms with E-state index in [-0.39, 0.29) is 23.2 Å². The lowest BCUT2D eigenvalue weighted by Gasteiger charge is -2.15. The van der Waals surface area contributed by atoms with Crippen molar-refractivity contribution in [2.24, 2.45) is 0 Å². The molecule has 3 aromatic rings. The topological polar surface area (TPSA) is 100 Å². The molecule has 9 heteroatoms. The maximum atomic E-state index is 11.8. The molecule has 146 valence electrons. The monoisotopic (exact) mass is 420 g/mol. The van der Waals surface area contributed by atoms with Gasteiger partial charge < -0.3 is 15.2 Å². The Kier molecular flexibility index (Phi) is 6.86. The second-order valence-electron chi connectivity index (χ2n) is 5.97. The lowest BCUT2D eigenvalue weighted by molar-refractivity contribution is 0.139. The maximum absolute atomic E-state index is 11.8. The van der Waals surface area contributed by atoms with Crippen LogP contribution in [0.5, 0.6) is 5.88 Å². The highest BCUT2D eigenvalue weighted by Crippen LogP contribution is 2.28. The quantitative estimate of drug-likeness (QED) is 0.514. The van der Waals surface area contributed by atoms with Crippen LogP contribution in [0.15, 0.2) is 53.6 Å². The smallest absolute Gasteiger partial charge is 0.285 e. The van der Waals surface area contributed by atoms with Gasteiger partial charge in [0.25, 0.3) is 11.4 Å². The van der Waals surface area contributed by atoms with Crippen LogP contribution in [0.25, 0.3) is 0 Å². The van der Waals surface area contributed by atoms with Crippen LogP contribution in [0.4, 0.5) is 5.69 Å². The average Bonchev–Trinajstić information content (AvgIpc) is 2.71. The number of aromatic nitrogens is 3. The van der Waals surface area contributed by atoms with E-state index in [1.165, 1.54) is 0 Å². The first-order valence-corrected chi connectivity index (χ1v) is 9.27. The number of pyridine rings is 1. The second kappa shape index (κ2) is 9.54. The van der Waals surface area contributed by atoms with Crippen LogP contribution in [0, 0.1) is 0 Å². The lowest BCUT2D eigenvalue weighted by Crippen LogP contribution is -2.16. The molecule has 1 unspecified atom stereocenters. The van der Waals surface area contributed by atoms with Crippen molar-refractivity contribution in [1.29, 1.82) is 0 Å². The molecule has 28 heavy (non-hydrogen) atoms. The van der Waals surface area contributed by atoms with Gasteiger partial charge in [0.15, 0.2) is 0 Å². The van der Waals surface area contributed by atoms with Crippen LogP contribution in [0.3, 0.4) is 0 Å². The fourth-order valence-corrected chi connectivity index (χ4v) is 2.80. The molecule has 1 atom stereocenters. The van der Waals surface area contributed by atoms with E-state index in [4.69, 9.17) is 27.9 Å². The summed E-state index contributed by atoms with van der Waals surface area (Å²) >= 11 is 12.0. The van der Waals surface area contributed by atoms with Crippen LogP contribution in [-0.2, 0) is 6.54 Å². The fourth-order valence-electron chi connectivity index (χ4n) is 2.48. The Bertz CT molecular complexity index is 965. The number of aliphatic hydroxyl groups excluding tert-OH is 1. The molecule has 0 spiro atoms. The summed E-state index contributed by atoms with van der Waals surface area (Å²) in [6.45, 7) is 0.559. The minimum Gasteiger partial charge on any atom is -0.475 e. The maximum Gasteiger partial charge on any atom is 0.285 e. The number of hydrogen-bond donors (Lipinski definition) is 3. The third kappa shape index (κ3) is 5.22. The summed E-state index contributed by atoms with van der Waals surface area (Å²) in [5.41, 5.74) is 1.40. The van der Waals surface area contributed by atoms with Crippen molar-refractivity contribution in [3.8, 4) is 5.88 Å². The van der Waals surface area contributed by atoms with Crippen LogP contribution < -0.4 is 15.6 Å². The van der Waals surface area contributed by atoms with Gasteiger partial charge in [0.1, 0.15) is 10.7 Å². The van der Waals surface area contributed by atoms with Gasteiger partial charge in [-0.3, -0.25) is 9.78 Å². The number of nitrogens with one attached hydrogen (secondary N) is 2. The second-order valence-corrected chi connectivity index (χ2v) is 6.78. The largest absolute Gasteiger partial charge is 0.475 e. The number of aliphatic hydroxyl groups is 1. The molecule has 2 heterocycles. The van der Waals surface area contributed by atoms with E-state index in [1.54, 1.807) is 36.7 Å². The molecule has 0 aliphatic rings. The molecule has 0 saturated carbocycles. The van der Waals surface area contributed by atoms with Gasteiger partial charge in [-0.1, -0.05) is 41.4 Å². The Hall–Kier alpha value is -2.61. The highest BCUT2D eigenvalue weighted by atomic mass is 35.5. The van der Waals surface area contributed by atoms with E-state index < -0.39 is 11.7 Å². The van der Waals surface area contributed by atoms with Crippen molar-refractivity contribution in [3.05, 3.63) is 80.3 Å². The van der Waals surface area contributed by atoms with Crippen molar-refractivity contribution in [2.75, 3.05) is 11.9 Å². The zero-order chi connectivity index (χ0) is 19.9. The Labute approximate surface area is 171 Å². The molecule has 3 rings (SSSR count). The van der Waals surface area contributed by atoms with E-state index in [9.17, 15) is 9.90 Å². The molecule has 1 aromatic carbocycles. The third-order valence-electron chi connectivity index (χ3n) is 3.97. The molecule has 0 bridgehead atoms. The van der Waals surface area contributed by atoms with Gasteiger partial charge >= 0.3 is 0 Å². The minimum absolute atomic E-state index is 0.0489. The number of benzene rings is 1. The SMILES string of the molecule is O=c1[nH]nc(OCCC(O)c2ccc(Cl)cc2)c(NCc2cccnc2)c1Cl. The number of aromatic amines is 1. The summed E-state index contributed by atoms with van der Waals surface area (Å²) in [6, 6.07) is 10.6. The van der Waals surface area contributed by atoms with Gasteiger partial charge in [-0.2, -0.15) is 0 Å². The van der Waals surface area contributed by atoms with Gasteiger partial charge in [0.05, 0.1) is 12.7 Å². The molecule has 0 amide bonds. The highest BCUT2D eigenvalue weighted by molar-refractivity contribution is 6.33. The molecule has 2 aromatic heterocycles. The van der Waals surface area contributed by atoms with Gasteiger partial charge in [-0.05, 0) is 29.3 Å².